The molecule has 180 valence electrons. The number of rotatable bonds is 4. The molecule has 0 unspecified atom stereocenters. The molecular formula is C24H24F3N3O3S. The van der Waals surface area contributed by atoms with Gasteiger partial charge in [-0.2, -0.15) is 17.5 Å². The van der Waals surface area contributed by atoms with Crippen LogP contribution in [0.2, 0.25) is 0 Å². The second-order valence-electron chi connectivity index (χ2n) is 8.15. The Balaban J connectivity index is 1.53. The summed E-state index contributed by atoms with van der Waals surface area (Å²) < 4.78 is 69.0. The second-order valence-corrected chi connectivity index (χ2v) is 10.1. The third-order valence-electron chi connectivity index (χ3n) is 6.01. The minimum atomic E-state index is -4.79. The molecule has 0 N–H and O–H groups in total. The van der Waals surface area contributed by atoms with Gasteiger partial charge in [0.25, 0.3) is 5.91 Å². The zero-order chi connectivity index (χ0) is 24.7. The highest BCUT2D eigenvalue weighted by Gasteiger charge is 2.40. The van der Waals surface area contributed by atoms with Crippen LogP contribution >= 0.6 is 0 Å². The SMILES string of the molecule is Cc1cc(C(=O)N2CCN(S(=O)(=O)c3ccccc3C(F)(F)F)CC2)c(C)n1-c1ccccc1. The van der Waals surface area contributed by atoms with E-state index in [9.17, 15) is 26.4 Å². The van der Waals surface area contributed by atoms with E-state index >= 15 is 0 Å². The first kappa shape index (κ1) is 24.0. The first-order valence-electron chi connectivity index (χ1n) is 10.7. The molecule has 2 heterocycles. The number of halogens is 3. The minimum absolute atomic E-state index is 0.0846. The molecule has 1 aliphatic rings. The van der Waals surface area contributed by atoms with Crippen LogP contribution in [0.25, 0.3) is 5.69 Å². The molecule has 0 radical (unpaired) electrons. The summed E-state index contributed by atoms with van der Waals surface area (Å²) in [5.41, 5.74) is 1.90. The van der Waals surface area contributed by atoms with Gasteiger partial charge in [-0.05, 0) is 44.2 Å². The number of para-hydroxylation sites is 1. The molecule has 3 aromatic rings. The molecule has 1 saturated heterocycles. The number of benzene rings is 2. The molecule has 0 bridgehead atoms. The van der Waals surface area contributed by atoms with Crippen LogP contribution in [-0.4, -0.2) is 54.3 Å². The number of carbonyl (C=O) groups is 1. The lowest BCUT2D eigenvalue weighted by atomic mass is 10.2. The minimum Gasteiger partial charge on any atom is -0.336 e. The normalized spacial score (nSPS) is 15.5. The molecule has 1 aromatic heterocycles. The number of hydrogen-bond acceptors (Lipinski definition) is 3. The quantitative estimate of drug-likeness (QED) is 0.548. The molecule has 2 aromatic carbocycles. The highest BCUT2D eigenvalue weighted by Crippen LogP contribution is 2.35. The van der Waals surface area contributed by atoms with Gasteiger partial charge in [-0.3, -0.25) is 4.79 Å². The highest BCUT2D eigenvalue weighted by atomic mass is 32.2. The Bertz CT molecular complexity index is 1310. The van der Waals surface area contributed by atoms with E-state index in [1.807, 2.05) is 48.7 Å². The van der Waals surface area contributed by atoms with E-state index in [1.165, 1.54) is 6.07 Å². The molecule has 34 heavy (non-hydrogen) atoms. The van der Waals surface area contributed by atoms with E-state index in [1.54, 1.807) is 11.0 Å². The lowest BCUT2D eigenvalue weighted by Crippen LogP contribution is -2.50. The average Bonchev–Trinajstić information content (AvgIpc) is 3.12. The van der Waals surface area contributed by atoms with E-state index in [-0.39, 0.29) is 32.1 Å². The van der Waals surface area contributed by atoms with Crippen LogP contribution in [0.3, 0.4) is 0 Å². The van der Waals surface area contributed by atoms with Crippen molar-refractivity contribution in [2.75, 3.05) is 26.2 Å². The van der Waals surface area contributed by atoms with E-state index in [2.05, 4.69) is 0 Å². The fourth-order valence-corrected chi connectivity index (χ4v) is 5.95. The van der Waals surface area contributed by atoms with Crippen molar-refractivity contribution in [3.05, 3.63) is 83.2 Å². The molecule has 10 heteroatoms. The number of amides is 1. The largest absolute Gasteiger partial charge is 0.417 e. The van der Waals surface area contributed by atoms with E-state index in [0.717, 1.165) is 39.6 Å². The van der Waals surface area contributed by atoms with Crippen molar-refractivity contribution in [1.82, 2.24) is 13.8 Å². The first-order valence-corrected chi connectivity index (χ1v) is 12.2. The third kappa shape index (κ3) is 4.35. The lowest BCUT2D eigenvalue weighted by Gasteiger charge is -2.34. The summed E-state index contributed by atoms with van der Waals surface area (Å²) in [6, 6.07) is 15.6. The third-order valence-corrected chi connectivity index (χ3v) is 7.97. The predicted octanol–water partition coefficient (Wildman–Crippen LogP) is 4.26. The Morgan fingerprint density at radius 3 is 2.09 bits per heavy atom. The first-order chi connectivity index (χ1) is 16.0. The predicted molar refractivity (Wildman–Crippen MR) is 121 cm³/mol. The van der Waals surface area contributed by atoms with Crippen molar-refractivity contribution in [2.24, 2.45) is 0 Å². The smallest absolute Gasteiger partial charge is 0.336 e. The number of aromatic nitrogens is 1. The Kier molecular flexibility index (Phi) is 6.30. The van der Waals surface area contributed by atoms with Crippen molar-refractivity contribution >= 4 is 15.9 Å². The number of aryl methyl sites for hydroxylation is 1. The van der Waals surface area contributed by atoms with E-state index < -0.39 is 26.7 Å². The lowest BCUT2D eigenvalue weighted by molar-refractivity contribution is -0.139. The molecular weight excluding hydrogens is 467 g/mol. The molecule has 1 fully saturated rings. The van der Waals surface area contributed by atoms with Gasteiger partial charge in [-0.25, -0.2) is 8.42 Å². The van der Waals surface area contributed by atoms with Crippen molar-refractivity contribution < 1.29 is 26.4 Å². The number of sulfonamides is 1. The van der Waals surface area contributed by atoms with Gasteiger partial charge in [0, 0.05) is 43.3 Å². The number of piperazine rings is 1. The number of hydrogen-bond donors (Lipinski definition) is 0. The van der Waals surface area contributed by atoms with Crippen molar-refractivity contribution in [3.8, 4) is 5.69 Å². The van der Waals surface area contributed by atoms with Gasteiger partial charge in [-0.15, -0.1) is 0 Å². The van der Waals surface area contributed by atoms with Crippen LogP contribution in [0.15, 0.2) is 65.6 Å². The molecule has 0 aliphatic carbocycles. The molecule has 6 nitrogen and oxygen atoms in total. The summed E-state index contributed by atoms with van der Waals surface area (Å²) in [5, 5.41) is 0. The maximum Gasteiger partial charge on any atom is 0.417 e. The monoisotopic (exact) mass is 491 g/mol. The summed E-state index contributed by atoms with van der Waals surface area (Å²) in [7, 11) is -4.37. The molecule has 0 atom stereocenters. The number of alkyl halides is 3. The summed E-state index contributed by atoms with van der Waals surface area (Å²) in [6.07, 6.45) is -4.79. The molecule has 4 rings (SSSR count). The summed E-state index contributed by atoms with van der Waals surface area (Å²) in [5.74, 6) is -0.233. The van der Waals surface area contributed by atoms with Crippen molar-refractivity contribution in [2.45, 2.75) is 24.9 Å². The zero-order valence-electron chi connectivity index (χ0n) is 18.7. The Hall–Kier alpha value is -3.11. The molecule has 1 amide bonds. The average molecular weight is 492 g/mol. The van der Waals surface area contributed by atoms with Gasteiger partial charge >= 0.3 is 6.18 Å². The number of carbonyl (C=O) groups excluding carboxylic acids is 1. The van der Waals surface area contributed by atoms with E-state index in [0.29, 0.717) is 5.56 Å². The van der Waals surface area contributed by atoms with Crippen LogP contribution in [0, 0.1) is 13.8 Å². The molecule has 0 saturated carbocycles. The standard InChI is InChI=1S/C24H24F3N3O3S/c1-17-16-20(18(2)30(17)19-8-4-3-5-9-19)23(31)28-12-14-29(15-13-28)34(32,33)22-11-7-6-10-21(22)24(25,26)27/h3-11,16H,12-15H2,1-2H3. The molecule has 1 aliphatic heterocycles. The van der Waals surface area contributed by atoms with E-state index in [4.69, 9.17) is 0 Å². The Morgan fingerprint density at radius 1 is 0.882 bits per heavy atom. The number of nitrogens with zero attached hydrogens (tertiary/aromatic N) is 3. The van der Waals surface area contributed by atoms with Gasteiger partial charge in [0.2, 0.25) is 10.0 Å². The molecule has 0 spiro atoms. The fraction of sp³-hybridized carbons (Fsp3) is 0.292. The Labute approximate surface area is 196 Å². The fourth-order valence-electron chi connectivity index (χ4n) is 4.32. The topological polar surface area (TPSA) is 62.6 Å². The van der Waals surface area contributed by atoms with Gasteiger partial charge in [0.1, 0.15) is 0 Å². The maximum absolute atomic E-state index is 13.4. The van der Waals surface area contributed by atoms with Gasteiger partial charge in [0.05, 0.1) is 16.0 Å². The van der Waals surface area contributed by atoms with Gasteiger partial charge < -0.3 is 9.47 Å². The van der Waals surface area contributed by atoms with Crippen LogP contribution in [-0.2, 0) is 16.2 Å². The van der Waals surface area contributed by atoms with Crippen LogP contribution < -0.4 is 0 Å². The summed E-state index contributed by atoms with van der Waals surface area (Å²) in [4.78, 5) is 14.0. The zero-order valence-corrected chi connectivity index (χ0v) is 19.5. The van der Waals surface area contributed by atoms with Crippen LogP contribution in [0.5, 0.6) is 0 Å². The summed E-state index contributed by atoms with van der Waals surface area (Å²) in [6.45, 7) is 3.75. The highest BCUT2D eigenvalue weighted by molar-refractivity contribution is 7.89. The second kappa shape index (κ2) is 8.92. The van der Waals surface area contributed by atoms with Crippen molar-refractivity contribution in [3.63, 3.8) is 0 Å². The Morgan fingerprint density at radius 2 is 1.47 bits per heavy atom. The summed E-state index contributed by atoms with van der Waals surface area (Å²) >= 11 is 0. The van der Waals surface area contributed by atoms with Crippen molar-refractivity contribution in [1.29, 1.82) is 0 Å². The van der Waals surface area contributed by atoms with Gasteiger partial charge in [-0.1, -0.05) is 30.3 Å². The van der Waals surface area contributed by atoms with Crippen LogP contribution in [0.1, 0.15) is 27.3 Å². The van der Waals surface area contributed by atoms with Crippen LogP contribution in [0.4, 0.5) is 13.2 Å². The maximum atomic E-state index is 13.4. The van der Waals surface area contributed by atoms with Gasteiger partial charge in [0.15, 0.2) is 0 Å².